The number of hydrogen-bond acceptors (Lipinski definition) is 4. The molecule has 0 aliphatic heterocycles. The molecule has 1 unspecified atom stereocenters. The summed E-state index contributed by atoms with van der Waals surface area (Å²) in [6.45, 7) is 9.45. The summed E-state index contributed by atoms with van der Waals surface area (Å²) in [4.78, 5) is 8.01. The predicted molar refractivity (Wildman–Crippen MR) is 75.2 cm³/mol. The molecule has 0 spiro atoms. The lowest BCUT2D eigenvalue weighted by atomic mass is 9.97. The van der Waals surface area contributed by atoms with E-state index in [9.17, 15) is 0 Å². The Morgan fingerprint density at radius 1 is 1.47 bits per heavy atom. The van der Waals surface area contributed by atoms with Crippen LogP contribution in [0.4, 0.5) is 0 Å². The standard InChI is InChI=1S/C13H25N3S/c1-10(2)5-12(6-14)7-16(4)8-13-11(3)15-9-17-13/h9-10,12H,5-8,14H2,1-4H3. The minimum atomic E-state index is 0.605. The van der Waals surface area contributed by atoms with Crippen molar-refractivity contribution in [1.29, 1.82) is 0 Å². The van der Waals surface area contributed by atoms with Gasteiger partial charge in [0, 0.05) is 18.0 Å². The average molecular weight is 255 g/mol. The first-order valence-corrected chi connectivity index (χ1v) is 7.18. The summed E-state index contributed by atoms with van der Waals surface area (Å²) in [5, 5.41) is 0. The Labute approximate surface area is 109 Å². The van der Waals surface area contributed by atoms with Gasteiger partial charge in [-0.3, -0.25) is 0 Å². The first-order valence-electron chi connectivity index (χ1n) is 6.30. The van der Waals surface area contributed by atoms with Crippen LogP contribution in [0.2, 0.25) is 0 Å². The SMILES string of the molecule is Cc1ncsc1CN(C)CC(CN)CC(C)C. The summed E-state index contributed by atoms with van der Waals surface area (Å²) >= 11 is 1.74. The van der Waals surface area contributed by atoms with Gasteiger partial charge in [-0.15, -0.1) is 11.3 Å². The molecule has 3 nitrogen and oxygen atoms in total. The van der Waals surface area contributed by atoms with Crippen molar-refractivity contribution in [1.82, 2.24) is 9.88 Å². The average Bonchev–Trinajstić information content (AvgIpc) is 2.62. The van der Waals surface area contributed by atoms with Crippen molar-refractivity contribution in [2.24, 2.45) is 17.6 Å². The second kappa shape index (κ2) is 7.09. The van der Waals surface area contributed by atoms with Gasteiger partial charge >= 0.3 is 0 Å². The van der Waals surface area contributed by atoms with Crippen LogP contribution in [0.1, 0.15) is 30.8 Å². The highest BCUT2D eigenvalue weighted by Crippen LogP contribution is 2.17. The minimum Gasteiger partial charge on any atom is -0.330 e. The van der Waals surface area contributed by atoms with Gasteiger partial charge < -0.3 is 10.6 Å². The molecule has 0 amide bonds. The third-order valence-electron chi connectivity index (χ3n) is 2.97. The van der Waals surface area contributed by atoms with Gasteiger partial charge in [0.05, 0.1) is 11.2 Å². The van der Waals surface area contributed by atoms with Crippen molar-refractivity contribution in [2.75, 3.05) is 20.1 Å². The molecule has 1 aromatic rings. The van der Waals surface area contributed by atoms with Crippen molar-refractivity contribution < 1.29 is 0 Å². The summed E-state index contributed by atoms with van der Waals surface area (Å²) < 4.78 is 0. The summed E-state index contributed by atoms with van der Waals surface area (Å²) in [6, 6.07) is 0. The van der Waals surface area contributed by atoms with Crippen LogP contribution in [0, 0.1) is 18.8 Å². The number of aromatic nitrogens is 1. The topological polar surface area (TPSA) is 42.2 Å². The summed E-state index contributed by atoms with van der Waals surface area (Å²) in [5.41, 5.74) is 8.92. The summed E-state index contributed by atoms with van der Waals surface area (Å²) in [6.07, 6.45) is 1.21. The number of aryl methyl sites for hydroxylation is 1. The van der Waals surface area contributed by atoms with Gasteiger partial charge in [-0.2, -0.15) is 0 Å². The van der Waals surface area contributed by atoms with E-state index in [2.05, 4.69) is 37.7 Å². The quantitative estimate of drug-likeness (QED) is 0.814. The number of nitrogens with zero attached hydrogens (tertiary/aromatic N) is 2. The van der Waals surface area contributed by atoms with E-state index >= 15 is 0 Å². The van der Waals surface area contributed by atoms with Crippen molar-refractivity contribution in [3.63, 3.8) is 0 Å². The Balaban J connectivity index is 2.42. The lowest BCUT2D eigenvalue weighted by molar-refractivity contribution is 0.251. The third-order valence-corrected chi connectivity index (χ3v) is 3.89. The van der Waals surface area contributed by atoms with E-state index in [0.29, 0.717) is 5.92 Å². The Kier molecular flexibility index (Phi) is 6.09. The van der Waals surface area contributed by atoms with Crippen molar-refractivity contribution in [3.8, 4) is 0 Å². The fourth-order valence-corrected chi connectivity index (χ4v) is 3.00. The van der Waals surface area contributed by atoms with Gasteiger partial charge in [0.25, 0.3) is 0 Å². The van der Waals surface area contributed by atoms with Crippen LogP contribution in [0.5, 0.6) is 0 Å². The molecule has 0 saturated carbocycles. The first kappa shape index (κ1) is 14.6. The fraction of sp³-hybridized carbons (Fsp3) is 0.769. The summed E-state index contributed by atoms with van der Waals surface area (Å²) in [7, 11) is 2.17. The van der Waals surface area contributed by atoms with Crippen molar-refractivity contribution >= 4 is 11.3 Å². The van der Waals surface area contributed by atoms with Gasteiger partial charge in [0.2, 0.25) is 0 Å². The highest BCUT2D eigenvalue weighted by atomic mass is 32.1. The van der Waals surface area contributed by atoms with Crippen LogP contribution < -0.4 is 5.73 Å². The van der Waals surface area contributed by atoms with Crippen molar-refractivity contribution in [2.45, 2.75) is 33.7 Å². The number of thiazole rings is 1. The molecular weight excluding hydrogens is 230 g/mol. The second-order valence-electron chi connectivity index (χ2n) is 5.29. The molecule has 0 radical (unpaired) electrons. The molecule has 0 aromatic carbocycles. The van der Waals surface area contributed by atoms with Gasteiger partial charge in [-0.05, 0) is 38.8 Å². The van der Waals surface area contributed by atoms with Crippen LogP contribution in [0.15, 0.2) is 5.51 Å². The van der Waals surface area contributed by atoms with E-state index < -0.39 is 0 Å². The first-order chi connectivity index (χ1) is 8.02. The highest BCUT2D eigenvalue weighted by molar-refractivity contribution is 7.09. The highest BCUT2D eigenvalue weighted by Gasteiger charge is 2.13. The maximum atomic E-state index is 5.84. The molecule has 4 heteroatoms. The Bertz CT molecular complexity index is 322. The predicted octanol–water partition coefficient (Wildman–Crippen LogP) is 2.50. The molecule has 0 aliphatic carbocycles. The second-order valence-corrected chi connectivity index (χ2v) is 6.23. The molecule has 98 valence electrons. The molecule has 0 bridgehead atoms. The largest absolute Gasteiger partial charge is 0.330 e. The molecule has 0 aliphatic rings. The van der Waals surface area contributed by atoms with Crippen LogP contribution in [0.25, 0.3) is 0 Å². The number of nitrogens with two attached hydrogens (primary N) is 1. The maximum absolute atomic E-state index is 5.84. The zero-order valence-corrected chi connectivity index (χ0v) is 12.3. The van der Waals surface area contributed by atoms with E-state index in [4.69, 9.17) is 5.73 Å². The fourth-order valence-electron chi connectivity index (χ4n) is 2.14. The van der Waals surface area contributed by atoms with Gasteiger partial charge in [0.1, 0.15) is 0 Å². The minimum absolute atomic E-state index is 0.605. The van der Waals surface area contributed by atoms with Crippen LogP contribution in [-0.2, 0) is 6.54 Å². The van der Waals surface area contributed by atoms with Gasteiger partial charge in [0.15, 0.2) is 0 Å². The lowest BCUT2D eigenvalue weighted by Crippen LogP contribution is -2.30. The normalized spacial score (nSPS) is 13.6. The van der Waals surface area contributed by atoms with E-state index in [0.717, 1.165) is 31.2 Å². The van der Waals surface area contributed by atoms with E-state index in [-0.39, 0.29) is 0 Å². The van der Waals surface area contributed by atoms with E-state index in [1.807, 2.05) is 5.51 Å². The summed E-state index contributed by atoms with van der Waals surface area (Å²) in [5.74, 6) is 1.33. The number of hydrogen-bond donors (Lipinski definition) is 1. The van der Waals surface area contributed by atoms with Gasteiger partial charge in [-0.1, -0.05) is 13.8 Å². The zero-order valence-electron chi connectivity index (χ0n) is 11.4. The molecule has 0 fully saturated rings. The Morgan fingerprint density at radius 3 is 2.65 bits per heavy atom. The van der Waals surface area contributed by atoms with Crippen LogP contribution >= 0.6 is 11.3 Å². The van der Waals surface area contributed by atoms with E-state index in [1.165, 1.54) is 11.3 Å². The monoisotopic (exact) mass is 255 g/mol. The molecule has 1 aromatic heterocycles. The zero-order chi connectivity index (χ0) is 12.8. The Morgan fingerprint density at radius 2 is 2.18 bits per heavy atom. The molecule has 17 heavy (non-hydrogen) atoms. The molecule has 2 N–H and O–H groups in total. The lowest BCUT2D eigenvalue weighted by Gasteiger charge is -2.24. The van der Waals surface area contributed by atoms with Crippen LogP contribution in [0.3, 0.4) is 0 Å². The third kappa shape index (κ3) is 5.15. The molecular formula is C13H25N3S. The van der Waals surface area contributed by atoms with Gasteiger partial charge in [-0.25, -0.2) is 4.98 Å². The maximum Gasteiger partial charge on any atom is 0.0798 e. The molecule has 1 atom stereocenters. The molecule has 1 heterocycles. The van der Waals surface area contributed by atoms with E-state index in [1.54, 1.807) is 11.3 Å². The van der Waals surface area contributed by atoms with Crippen molar-refractivity contribution in [3.05, 3.63) is 16.1 Å². The Hall–Kier alpha value is -0.450. The van der Waals surface area contributed by atoms with Crippen LogP contribution in [-0.4, -0.2) is 30.0 Å². The smallest absolute Gasteiger partial charge is 0.0798 e. The number of rotatable bonds is 7. The molecule has 0 saturated heterocycles. The molecule has 1 rings (SSSR count).